The van der Waals surface area contributed by atoms with Gasteiger partial charge in [-0.1, -0.05) is 18.2 Å². The SMILES string of the molecule is COc1cccc2ccc(C(=O)OC(C)C)nc12. The van der Waals surface area contributed by atoms with Gasteiger partial charge in [0.2, 0.25) is 0 Å². The molecule has 2 rings (SSSR count). The van der Waals surface area contributed by atoms with Gasteiger partial charge in [-0.05, 0) is 26.0 Å². The minimum Gasteiger partial charge on any atom is -0.494 e. The fraction of sp³-hybridized carbons (Fsp3) is 0.286. The maximum absolute atomic E-state index is 11.8. The van der Waals surface area contributed by atoms with E-state index in [-0.39, 0.29) is 6.10 Å². The van der Waals surface area contributed by atoms with Crippen LogP contribution in [0.2, 0.25) is 0 Å². The van der Waals surface area contributed by atoms with E-state index in [0.29, 0.717) is 17.0 Å². The first-order valence-electron chi connectivity index (χ1n) is 5.76. The topological polar surface area (TPSA) is 48.4 Å². The maximum atomic E-state index is 11.8. The molecule has 1 aromatic carbocycles. The van der Waals surface area contributed by atoms with Crippen LogP contribution in [-0.2, 0) is 4.74 Å². The highest BCUT2D eigenvalue weighted by Crippen LogP contribution is 2.23. The molecule has 1 aromatic heterocycles. The van der Waals surface area contributed by atoms with Crippen molar-refractivity contribution in [2.24, 2.45) is 0 Å². The van der Waals surface area contributed by atoms with Crippen LogP contribution in [0.5, 0.6) is 5.75 Å². The molecule has 0 atom stereocenters. The van der Waals surface area contributed by atoms with Crippen LogP contribution in [0.15, 0.2) is 30.3 Å². The first-order chi connectivity index (χ1) is 8.61. The molecular weight excluding hydrogens is 230 g/mol. The average molecular weight is 245 g/mol. The lowest BCUT2D eigenvalue weighted by Crippen LogP contribution is -2.13. The van der Waals surface area contributed by atoms with Crippen molar-refractivity contribution in [3.05, 3.63) is 36.0 Å². The number of benzene rings is 1. The largest absolute Gasteiger partial charge is 0.494 e. The summed E-state index contributed by atoms with van der Waals surface area (Å²) in [6, 6.07) is 9.11. The van der Waals surface area contributed by atoms with Gasteiger partial charge in [0.1, 0.15) is 17.0 Å². The van der Waals surface area contributed by atoms with E-state index in [1.807, 2.05) is 24.3 Å². The summed E-state index contributed by atoms with van der Waals surface area (Å²) in [6.07, 6.45) is -0.160. The molecule has 0 N–H and O–H groups in total. The predicted octanol–water partition coefficient (Wildman–Crippen LogP) is 2.81. The molecule has 0 unspecified atom stereocenters. The average Bonchev–Trinajstić information content (AvgIpc) is 2.36. The fourth-order valence-corrected chi connectivity index (χ4v) is 1.67. The summed E-state index contributed by atoms with van der Waals surface area (Å²) in [5, 5.41) is 0.926. The molecule has 0 saturated heterocycles. The standard InChI is InChI=1S/C14H15NO3/c1-9(2)18-14(16)11-8-7-10-5-4-6-12(17-3)13(10)15-11/h4-9H,1-3H3. The highest BCUT2D eigenvalue weighted by atomic mass is 16.5. The third-order valence-electron chi connectivity index (χ3n) is 2.46. The first kappa shape index (κ1) is 12.4. The van der Waals surface area contributed by atoms with Crippen molar-refractivity contribution in [3.8, 4) is 5.75 Å². The molecule has 0 aliphatic carbocycles. The van der Waals surface area contributed by atoms with Crippen molar-refractivity contribution >= 4 is 16.9 Å². The van der Waals surface area contributed by atoms with Crippen molar-refractivity contribution in [1.29, 1.82) is 0 Å². The second-order valence-corrected chi connectivity index (χ2v) is 4.18. The van der Waals surface area contributed by atoms with Gasteiger partial charge in [-0.2, -0.15) is 0 Å². The summed E-state index contributed by atoms with van der Waals surface area (Å²) >= 11 is 0. The number of carbonyl (C=O) groups excluding carboxylic acids is 1. The number of fused-ring (bicyclic) bond motifs is 1. The molecule has 18 heavy (non-hydrogen) atoms. The number of methoxy groups -OCH3 is 1. The molecular formula is C14H15NO3. The molecule has 4 nitrogen and oxygen atoms in total. The van der Waals surface area contributed by atoms with E-state index < -0.39 is 5.97 Å². The normalized spacial score (nSPS) is 10.7. The van der Waals surface area contributed by atoms with Crippen LogP contribution in [-0.4, -0.2) is 24.2 Å². The molecule has 0 fully saturated rings. The third kappa shape index (κ3) is 2.42. The van der Waals surface area contributed by atoms with Crippen molar-refractivity contribution < 1.29 is 14.3 Å². The number of hydrogen-bond acceptors (Lipinski definition) is 4. The van der Waals surface area contributed by atoms with Crippen LogP contribution in [0.1, 0.15) is 24.3 Å². The van der Waals surface area contributed by atoms with E-state index in [2.05, 4.69) is 4.98 Å². The molecule has 0 aliphatic rings. The van der Waals surface area contributed by atoms with E-state index in [1.54, 1.807) is 27.0 Å². The Morgan fingerprint density at radius 1 is 1.22 bits per heavy atom. The number of hydrogen-bond donors (Lipinski definition) is 0. The summed E-state index contributed by atoms with van der Waals surface area (Å²) in [5.74, 6) is 0.226. The number of aromatic nitrogens is 1. The van der Waals surface area contributed by atoms with Crippen LogP contribution < -0.4 is 4.74 Å². The summed E-state index contributed by atoms with van der Waals surface area (Å²) in [4.78, 5) is 16.1. The van der Waals surface area contributed by atoms with Crippen LogP contribution in [0.4, 0.5) is 0 Å². The molecule has 0 bridgehead atoms. The number of esters is 1. The van der Waals surface area contributed by atoms with E-state index in [9.17, 15) is 4.79 Å². The van der Waals surface area contributed by atoms with Crippen molar-refractivity contribution in [2.75, 3.05) is 7.11 Å². The number of nitrogens with zero attached hydrogens (tertiary/aromatic N) is 1. The molecule has 2 aromatic rings. The predicted molar refractivity (Wildman–Crippen MR) is 68.8 cm³/mol. The molecule has 0 radical (unpaired) electrons. The Balaban J connectivity index is 2.46. The quantitative estimate of drug-likeness (QED) is 0.780. The number of rotatable bonds is 3. The van der Waals surface area contributed by atoms with Gasteiger partial charge >= 0.3 is 5.97 Å². The summed E-state index contributed by atoms with van der Waals surface area (Å²) in [7, 11) is 1.58. The molecule has 4 heteroatoms. The summed E-state index contributed by atoms with van der Waals surface area (Å²) < 4.78 is 10.3. The Hall–Kier alpha value is -2.10. The number of para-hydroxylation sites is 1. The van der Waals surface area contributed by atoms with Gasteiger partial charge in [0.15, 0.2) is 0 Å². The lowest BCUT2D eigenvalue weighted by atomic mass is 10.2. The van der Waals surface area contributed by atoms with E-state index >= 15 is 0 Å². The zero-order chi connectivity index (χ0) is 13.1. The Labute approximate surface area is 106 Å². The lowest BCUT2D eigenvalue weighted by molar-refractivity contribution is 0.0371. The Morgan fingerprint density at radius 2 is 2.00 bits per heavy atom. The number of carbonyl (C=O) groups is 1. The van der Waals surface area contributed by atoms with Crippen LogP contribution in [0.3, 0.4) is 0 Å². The molecule has 0 saturated carbocycles. The van der Waals surface area contributed by atoms with Gasteiger partial charge in [0, 0.05) is 5.39 Å². The minimum atomic E-state index is -0.419. The monoisotopic (exact) mass is 245 g/mol. The second kappa shape index (κ2) is 5.04. The molecule has 0 spiro atoms. The van der Waals surface area contributed by atoms with Crippen molar-refractivity contribution in [1.82, 2.24) is 4.98 Å². The molecule has 0 amide bonds. The Morgan fingerprint density at radius 3 is 2.67 bits per heavy atom. The molecule has 94 valence electrons. The van der Waals surface area contributed by atoms with Crippen LogP contribution in [0.25, 0.3) is 10.9 Å². The minimum absolute atomic E-state index is 0.160. The zero-order valence-corrected chi connectivity index (χ0v) is 10.6. The van der Waals surface area contributed by atoms with Crippen molar-refractivity contribution in [3.63, 3.8) is 0 Å². The van der Waals surface area contributed by atoms with E-state index in [1.165, 1.54) is 0 Å². The summed E-state index contributed by atoms with van der Waals surface area (Å²) in [6.45, 7) is 3.61. The zero-order valence-electron chi connectivity index (χ0n) is 10.6. The highest BCUT2D eigenvalue weighted by molar-refractivity contribution is 5.92. The number of ether oxygens (including phenoxy) is 2. The van der Waals surface area contributed by atoms with Gasteiger partial charge in [0.25, 0.3) is 0 Å². The number of pyridine rings is 1. The van der Waals surface area contributed by atoms with Crippen LogP contribution >= 0.6 is 0 Å². The lowest BCUT2D eigenvalue weighted by Gasteiger charge is -2.09. The van der Waals surface area contributed by atoms with E-state index in [0.717, 1.165) is 5.39 Å². The van der Waals surface area contributed by atoms with Gasteiger partial charge in [-0.3, -0.25) is 0 Å². The van der Waals surface area contributed by atoms with Crippen LogP contribution in [0, 0.1) is 0 Å². The third-order valence-corrected chi connectivity index (χ3v) is 2.46. The highest BCUT2D eigenvalue weighted by Gasteiger charge is 2.12. The Kier molecular flexibility index (Phi) is 3.46. The fourth-order valence-electron chi connectivity index (χ4n) is 1.67. The second-order valence-electron chi connectivity index (χ2n) is 4.18. The van der Waals surface area contributed by atoms with E-state index in [4.69, 9.17) is 9.47 Å². The summed E-state index contributed by atoms with van der Waals surface area (Å²) in [5.41, 5.74) is 0.957. The van der Waals surface area contributed by atoms with Crippen molar-refractivity contribution in [2.45, 2.75) is 20.0 Å². The maximum Gasteiger partial charge on any atom is 0.357 e. The first-order valence-corrected chi connectivity index (χ1v) is 5.76. The molecule has 1 heterocycles. The smallest absolute Gasteiger partial charge is 0.357 e. The van der Waals surface area contributed by atoms with Gasteiger partial charge in [-0.25, -0.2) is 9.78 Å². The molecule has 0 aliphatic heterocycles. The Bertz CT molecular complexity index is 578. The van der Waals surface area contributed by atoms with Gasteiger partial charge in [-0.15, -0.1) is 0 Å². The van der Waals surface area contributed by atoms with Gasteiger partial charge < -0.3 is 9.47 Å². The van der Waals surface area contributed by atoms with Gasteiger partial charge in [0.05, 0.1) is 13.2 Å².